The third kappa shape index (κ3) is 3.93. The van der Waals surface area contributed by atoms with Crippen LogP contribution in [0.1, 0.15) is 13.8 Å². The van der Waals surface area contributed by atoms with Gasteiger partial charge >= 0.3 is 7.60 Å². The maximum atomic E-state index is 12.8. The number of rotatable bonds is 7. The molecule has 0 aliphatic carbocycles. The van der Waals surface area contributed by atoms with Crippen LogP contribution in [0, 0.1) is 0 Å². The molecule has 10 nitrogen and oxygen atoms in total. The SMILES string of the molecule is CCOP(=O)(OCC)c1nc2cc(S(=O)(=O)NO)c(Cl)cc2[nH]c1=O. The Hall–Kier alpha value is -1.33. The van der Waals surface area contributed by atoms with E-state index in [2.05, 4.69) is 9.97 Å². The fourth-order valence-corrected chi connectivity index (χ4v) is 4.70. The minimum atomic E-state index is -4.29. The lowest BCUT2D eigenvalue weighted by molar-refractivity contribution is 0.229. The summed E-state index contributed by atoms with van der Waals surface area (Å²) in [6, 6.07) is 2.16. The molecule has 0 bridgehead atoms. The normalized spacial score (nSPS) is 12.6. The Bertz CT molecular complexity index is 998. The van der Waals surface area contributed by atoms with E-state index in [1.807, 2.05) is 0 Å². The molecular weight excluding hydrogens is 397 g/mol. The number of benzene rings is 1. The molecule has 1 heterocycles. The van der Waals surface area contributed by atoms with Crippen LogP contribution in [-0.2, 0) is 23.6 Å². The molecule has 0 aliphatic rings. The molecular formula is C12H15ClN3O7PS. The summed E-state index contributed by atoms with van der Waals surface area (Å²) in [5, 5.41) is 8.50. The monoisotopic (exact) mass is 411 g/mol. The van der Waals surface area contributed by atoms with Gasteiger partial charge in [0.15, 0.2) is 0 Å². The van der Waals surface area contributed by atoms with Crippen molar-refractivity contribution in [2.24, 2.45) is 0 Å². The Morgan fingerprint density at radius 3 is 2.44 bits per heavy atom. The van der Waals surface area contributed by atoms with E-state index in [1.54, 1.807) is 13.8 Å². The van der Waals surface area contributed by atoms with Gasteiger partial charge in [0.1, 0.15) is 4.90 Å². The summed E-state index contributed by atoms with van der Waals surface area (Å²) in [7, 11) is -8.28. The zero-order chi connectivity index (χ0) is 18.8. The third-order valence-electron chi connectivity index (χ3n) is 3.00. The number of nitrogens with zero attached hydrogens (tertiary/aromatic N) is 1. The van der Waals surface area contributed by atoms with Crippen LogP contribution in [0.15, 0.2) is 21.8 Å². The van der Waals surface area contributed by atoms with Gasteiger partial charge in [-0.3, -0.25) is 9.36 Å². The number of aromatic nitrogens is 2. The molecule has 2 aromatic rings. The molecule has 0 saturated heterocycles. The van der Waals surface area contributed by atoms with Crippen LogP contribution in [0.2, 0.25) is 5.02 Å². The van der Waals surface area contributed by atoms with E-state index in [1.165, 1.54) is 0 Å². The largest absolute Gasteiger partial charge is 0.385 e. The summed E-state index contributed by atoms with van der Waals surface area (Å²) < 4.78 is 46.5. The molecule has 0 unspecified atom stereocenters. The van der Waals surface area contributed by atoms with Crippen molar-refractivity contribution in [1.29, 1.82) is 0 Å². The van der Waals surface area contributed by atoms with Gasteiger partial charge in [-0.15, -0.1) is 0 Å². The van der Waals surface area contributed by atoms with E-state index in [0.717, 1.165) is 17.0 Å². The van der Waals surface area contributed by atoms with E-state index in [-0.39, 0.29) is 29.3 Å². The Balaban J connectivity index is 2.77. The highest BCUT2D eigenvalue weighted by atomic mass is 35.5. The number of sulfonamides is 1. The first-order valence-electron chi connectivity index (χ1n) is 6.97. The van der Waals surface area contributed by atoms with Crippen LogP contribution in [0.3, 0.4) is 0 Å². The second-order valence-electron chi connectivity index (χ2n) is 4.62. The third-order valence-corrected chi connectivity index (χ3v) is 6.60. The molecule has 0 amide bonds. The topological polar surface area (TPSA) is 148 Å². The first kappa shape index (κ1) is 20.0. The Labute approximate surface area is 147 Å². The molecule has 0 saturated carbocycles. The number of H-pyrrole nitrogens is 1. The fraction of sp³-hybridized carbons (Fsp3) is 0.333. The Kier molecular flexibility index (Phi) is 6.00. The minimum absolute atomic E-state index is 0.00507. The Morgan fingerprint density at radius 1 is 1.32 bits per heavy atom. The lowest BCUT2D eigenvalue weighted by Crippen LogP contribution is -2.32. The summed E-state index contributed by atoms with van der Waals surface area (Å²) in [4.78, 5) is 19.2. The lowest BCUT2D eigenvalue weighted by atomic mass is 10.3. The summed E-state index contributed by atoms with van der Waals surface area (Å²) in [5.41, 5.74) is -1.25. The van der Waals surface area contributed by atoms with Gasteiger partial charge in [0, 0.05) is 0 Å². The average molecular weight is 412 g/mol. The van der Waals surface area contributed by atoms with Crippen LogP contribution in [0.5, 0.6) is 0 Å². The van der Waals surface area contributed by atoms with Gasteiger partial charge in [-0.05, 0) is 26.0 Å². The molecule has 0 spiro atoms. The number of hydrogen-bond acceptors (Lipinski definition) is 8. The van der Waals surface area contributed by atoms with Crippen molar-refractivity contribution < 1.29 is 27.2 Å². The van der Waals surface area contributed by atoms with Crippen molar-refractivity contribution in [3.63, 3.8) is 0 Å². The molecule has 2 rings (SSSR count). The van der Waals surface area contributed by atoms with E-state index in [9.17, 15) is 17.8 Å². The Morgan fingerprint density at radius 2 is 1.92 bits per heavy atom. The first-order chi connectivity index (χ1) is 11.7. The quantitative estimate of drug-likeness (QED) is 0.453. The maximum absolute atomic E-state index is 12.8. The molecule has 0 atom stereocenters. The molecule has 0 fully saturated rings. The van der Waals surface area contributed by atoms with Crippen molar-refractivity contribution >= 4 is 45.7 Å². The smallest absolute Gasteiger partial charge is 0.318 e. The van der Waals surface area contributed by atoms with Crippen LogP contribution in [-0.4, -0.2) is 36.8 Å². The summed E-state index contributed by atoms with van der Waals surface area (Å²) in [6.45, 7) is 3.15. The van der Waals surface area contributed by atoms with Crippen molar-refractivity contribution in [1.82, 2.24) is 14.9 Å². The molecule has 13 heteroatoms. The molecule has 0 radical (unpaired) electrons. The van der Waals surface area contributed by atoms with Crippen LogP contribution in [0.4, 0.5) is 0 Å². The van der Waals surface area contributed by atoms with Crippen molar-refractivity contribution in [2.75, 3.05) is 13.2 Å². The second-order valence-corrected chi connectivity index (χ2v) is 8.59. The van der Waals surface area contributed by atoms with Gasteiger partial charge in [0.25, 0.3) is 15.6 Å². The first-order valence-corrected chi connectivity index (χ1v) is 10.4. The molecule has 0 aliphatic heterocycles. The van der Waals surface area contributed by atoms with Gasteiger partial charge in [-0.25, -0.2) is 13.4 Å². The van der Waals surface area contributed by atoms with Crippen LogP contribution >= 0.6 is 19.2 Å². The molecule has 138 valence electrons. The predicted octanol–water partition coefficient (Wildman–Crippen LogP) is 1.14. The zero-order valence-electron chi connectivity index (χ0n) is 13.1. The van der Waals surface area contributed by atoms with Crippen molar-refractivity contribution in [3.8, 4) is 0 Å². The van der Waals surface area contributed by atoms with E-state index in [0.29, 0.717) is 0 Å². The number of aromatic amines is 1. The second kappa shape index (κ2) is 7.50. The highest BCUT2D eigenvalue weighted by Gasteiger charge is 2.33. The summed E-state index contributed by atoms with van der Waals surface area (Å²) >= 11 is 5.86. The van der Waals surface area contributed by atoms with Gasteiger partial charge in [-0.2, -0.15) is 0 Å². The molecule has 1 aromatic carbocycles. The number of hydrogen-bond donors (Lipinski definition) is 3. The highest BCUT2D eigenvalue weighted by molar-refractivity contribution is 7.89. The summed E-state index contributed by atoms with van der Waals surface area (Å²) in [5.74, 6) is 0. The van der Waals surface area contributed by atoms with Gasteiger partial charge in [-0.1, -0.05) is 16.5 Å². The van der Waals surface area contributed by atoms with E-state index in [4.69, 9.17) is 25.9 Å². The van der Waals surface area contributed by atoms with Gasteiger partial charge < -0.3 is 19.2 Å². The summed E-state index contributed by atoms with van der Waals surface area (Å²) in [6.07, 6.45) is 0. The van der Waals surface area contributed by atoms with Crippen molar-refractivity contribution in [3.05, 3.63) is 27.5 Å². The number of fused-ring (bicyclic) bond motifs is 1. The number of nitrogens with one attached hydrogen (secondary N) is 2. The van der Waals surface area contributed by atoms with E-state index >= 15 is 0 Å². The standard InChI is InChI=1S/C12H15ClN3O7PS/c1-3-22-24(19,23-4-2)12-11(17)14-8-5-7(13)10(6-9(8)15-12)25(20,21)16-18/h5-6,16,18H,3-4H2,1-2H3,(H,14,17). The average Bonchev–Trinajstić information content (AvgIpc) is 2.54. The van der Waals surface area contributed by atoms with Crippen LogP contribution < -0.4 is 15.9 Å². The highest BCUT2D eigenvalue weighted by Crippen LogP contribution is 2.45. The van der Waals surface area contributed by atoms with Crippen LogP contribution in [0.25, 0.3) is 11.0 Å². The molecule has 25 heavy (non-hydrogen) atoms. The van der Waals surface area contributed by atoms with E-state index < -0.39 is 33.5 Å². The fourth-order valence-electron chi connectivity index (χ4n) is 2.02. The molecule has 3 N–H and O–H groups in total. The zero-order valence-corrected chi connectivity index (χ0v) is 15.6. The lowest BCUT2D eigenvalue weighted by Gasteiger charge is -2.16. The van der Waals surface area contributed by atoms with Gasteiger partial charge in [0.2, 0.25) is 5.44 Å². The predicted molar refractivity (Wildman–Crippen MR) is 90.0 cm³/mol. The maximum Gasteiger partial charge on any atom is 0.385 e. The number of halogens is 1. The van der Waals surface area contributed by atoms with Gasteiger partial charge in [0.05, 0.1) is 29.3 Å². The molecule has 1 aromatic heterocycles. The minimum Gasteiger partial charge on any atom is -0.318 e. The van der Waals surface area contributed by atoms with Crippen molar-refractivity contribution in [2.45, 2.75) is 18.7 Å².